The highest BCUT2D eigenvalue weighted by Crippen LogP contribution is 2.26. The zero-order chi connectivity index (χ0) is 18.1. The summed E-state index contributed by atoms with van der Waals surface area (Å²) in [4.78, 5) is 17.4. The molecule has 1 amide bonds. The molecule has 5 heteroatoms. The lowest BCUT2D eigenvalue weighted by molar-refractivity contribution is 0.0914. The van der Waals surface area contributed by atoms with Crippen LogP contribution in [-0.4, -0.2) is 15.5 Å². The van der Waals surface area contributed by atoms with Crippen molar-refractivity contribution in [3.63, 3.8) is 0 Å². The Kier molecular flexibility index (Phi) is 4.05. The number of aryl methyl sites for hydroxylation is 2. The summed E-state index contributed by atoms with van der Waals surface area (Å²) in [6, 6.07) is 17.1. The van der Waals surface area contributed by atoms with E-state index < -0.39 is 0 Å². The molecule has 0 saturated carbocycles. The van der Waals surface area contributed by atoms with Crippen molar-refractivity contribution in [1.82, 2.24) is 14.9 Å². The number of rotatable bonds is 4. The molecular weight excluding hydrogens is 326 g/mol. The summed E-state index contributed by atoms with van der Waals surface area (Å²) in [5, 5.41) is 4.03. The molecule has 0 aliphatic rings. The monoisotopic (exact) mass is 345 g/mol. The fourth-order valence-electron chi connectivity index (χ4n) is 3.19. The van der Waals surface area contributed by atoms with Crippen molar-refractivity contribution in [2.45, 2.75) is 13.0 Å². The normalized spacial score (nSPS) is 12.2. The largest absolute Gasteiger partial charge is 0.451 e. The number of fused-ring (bicyclic) bond motifs is 1. The highest BCUT2D eigenvalue weighted by atomic mass is 16.3. The minimum Gasteiger partial charge on any atom is -0.451 e. The Morgan fingerprint density at radius 3 is 2.54 bits per heavy atom. The zero-order valence-corrected chi connectivity index (χ0v) is 14.6. The molecule has 2 aromatic carbocycles. The molecule has 4 rings (SSSR count). The summed E-state index contributed by atoms with van der Waals surface area (Å²) < 4.78 is 7.71. The third-order valence-corrected chi connectivity index (χ3v) is 4.57. The smallest absolute Gasteiger partial charge is 0.288 e. The molecule has 0 fully saturated rings. The molecular formula is C21H19N3O2. The third-order valence-electron chi connectivity index (χ3n) is 4.57. The van der Waals surface area contributed by atoms with Crippen LogP contribution < -0.4 is 5.32 Å². The van der Waals surface area contributed by atoms with Crippen molar-refractivity contribution in [2.24, 2.45) is 7.05 Å². The van der Waals surface area contributed by atoms with Crippen LogP contribution in [0.1, 0.15) is 33.5 Å². The van der Waals surface area contributed by atoms with Crippen molar-refractivity contribution >= 4 is 16.9 Å². The second-order valence-corrected chi connectivity index (χ2v) is 6.27. The maximum Gasteiger partial charge on any atom is 0.288 e. The van der Waals surface area contributed by atoms with E-state index in [1.807, 2.05) is 79.3 Å². The molecule has 0 saturated heterocycles. The summed E-state index contributed by atoms with van der Waals surface area (Å²) in [6.07, 6.45) is 3.59. The van der Waals surface area contributed by atoms with Crippen LogP contribution >= 0.6 is 0 Å². The van der Waals surface area contributed by atoms with Gasteiger partial charge in [-0.2, -0.15) is 0 Å². The minimum atomic E-state index is -0.365. The van der Waals surface area contributed by atoms with Gasteiger partial charge in [-0.05, 0) is 18.6 Å². The number of amides is 1. The Hall–Kier alpha value is -3.34. The third kappa shape index (κ3) is 2.77. The number of nitrogens with one attached hydrogen (secondary N) is 1. The average Bonchev–Trinajstić information content (AvgIpc) is 3.24. The van der Waals surface area contributed by atoms with Crippen LogP contribution in [0.4, 0.5) is 0 Å². The molecule has 1 N–H and O–H groups in total. The Bertz CT molecular complexity index is 1060. The first-order valence-electron chi connectivity index (χ1n) is 8.46. The molecule has 0 unspecified atom stereocenters. The molecule has 0 radical (unpaired) electrons. The van der Waals surface area contributed by atoms with E-state index in [9.17, 15) is 4.79 Å². The minimum absolute atomic E-state index is 0.254. The topological polar surface area (TPSA) is 60.1 Å². The van der Waals surface area contributed by atoms with Crippen molar-refractivity contribution in [1.29, 1.82) is 0 Å². The maximum absolute atomic E-state index is 13.0. The van der Waals surface area contributed by atoms with Gasteiger partial charge in [0.15, 0.2) is 5.76 Å². The summed E-state index contributed by atoms with van der Waals surface area (Å²) in [5.41, 5.74) is 2.51. The van der Waals surface area contributed by atoms with Crippen LogP contribution in [0.15, 0.2) is 71.4 Å². The van der Waals surface area contributed by atoms with E-state index in [2.05, 4.69) is 10.3 Å². The number of benzene rings is 2. The van der Waals surface area contributed by atoms with Crippen LogP contribution in [0, 0.1) is 6.92 Å². The summed E-state index contributed by atoms with van der Waals surface area (Å²) >= 11 is 0. The summed E-state index contributed by atoms with van der Waals surface area (Å²) in [5.74, 6) is 0.843. The molecule has 130 valence electrons. The Balaban J connectivity index is 1.72. The van der Waals surface area contributed by atoms with Gasteiger partial charge in [-0.25, -0.2) is 4.98 Å². The molecule has 0 aliphatic heterocycles. The van der Waals surface area contributed by atoms with Crippen molar-refractivity contribution < 1.29 is 9.21 Å². The van der Waals surface area contributed by atoms with Gasteiger partial charge in [-0.3, -0.25) is 4.79 Å². The van der Waals surface area contributed by atoms with Crippen molar-refractivity contribution in [3.8, 4) is 0 Å². The Morgan fingerprint density at radius 1 is 1.12 bits per heavy atom. The Labute approximate surface area is 151 Å². The number of aromatic nitrogens is 2. The Morgan fingerprint density at radius 2 is 1.85 bits per heavy atom. The molecule has 26 heavy (non-hydrogen) atoms. The van der Waals surface area contributed by atoms with E-state index in [4.69, 9.17) is 4.42 Å². The number of carbonyl (C=O) groups is 1. The van der Waals surface area contributed by atoms with Gasteiger partial charge >= 0.3 is 0 Å². The predicted octanol–water partition coefficient (Wildman–Crippen LogP) is 3.99. The van der Waals surface area contributed by atoms with Crippen LogP contribution in [0.25, 0.3) is 11.0 Å². The highest BCUT2D eigenvalue weighted by molar-refractivity contribution is 5.99. The molecule has 1 atom stereocenters. The molecule has 4 aromatic rings. The number of hydrogen-bond donors (Lipinski definition) is 1. The van der Waals surface area contributed by atoms with Gasteiger partial charge in [-0.15, -0.1) is 0 Å². The number of furan rings is 1. The van der Waals surface area contributed by atoms with Crippen LogP contribution in [0.5, 0.6) is 0 Å². The first kappa shape index (κ1) is 16.1. The molecule has 5 nitrogen and oxygen atoms in total. The zero-order valence-electron chi connectivity index (χ0n) is 14.6. The van der Waals surface area contributed by atoms with Gasteiger partial charge in [-0.1, -0.05) is 48.5 Å². The van der Waals surface area contributed by atoms with Gasteiger partial charge in [0.2, 0.25) is 0 Å². The van der Waals surface area contributed by atoms with Gasteiger partial charge in [0, 0.05) is 30.4 Å². The lowest BCUT2D eigenvalue weighted by atomic mass is 10.1. The first-order valence-corrected chi connectivity index (χ1v) is 8.46. The second kappa shape index (κ2) is 6.52. The standard InChI is InChI=1S/C21H19N3O2/c1-14-16-10-6-7-11-17(16)26-19(14)21(25)23-18(15-8-4-3-5-9-15)20-22-12-13-24(20)2/h3-13,18H,1-2H3,(H,23,25)/t18-/m1/s1. The summed E-state index contributed by atoms with van der Waals surface area (Å²) in [7, 11) is 1.91. The fraction of sp³-hybridized carbons (Fsp3) is 0.143. The molecule has 0 aliphatic carbocycles. The van der Waals surface area contributed by atoms with E-state index in [1.165, 1.54) is 0 Å². The SMILES string of the molecule is Cc1c(C(=O)N[C@H](c2ccccc2)c2nccn2C)oc2ccccc12. The highest BCUT2D eigenvalue weighted by Gasteiger charge is 2.24. The van der Waals surface area contributed by atoms with Gasteiger partial charge in [0.1, 0.15) is 17.4 Å². The first-order chi connectivity index (χ1) is 12.6. The van der Waals surface area contributed by atoms with E-state index in [-0.39, 0.29) is 11.9 Å². The number of hydrogen-bond acceptors (Lipinski definition) is 3. The lowest BCUT2D eigenvalue weighted by Crippen LogP contribution is -2.31. The molecule has 2 heterocycles. The van der Waals surface area contributed by atoms with E-state index in [0.29, 0.717) is 11.3 Å². The summed E-state index contributed by atoms with van der Waals surface area (Å²) in [6.45, 7) is 1.90. The van der Waals surface area contributed by atoms with Crippen molar-refractivity contribution in [2.75, 3.05) is 0 Å². The van der Waals surface area contributed by atoms with Crippen molar-refractivity contribution in [3.05, 3.63) is 89.7 Å². The predicted molar refractivity (Wildman–Crippen MR) is 99.9 cm³/mol. The van der Waals surface area contributed by atoms with Crippen LogP contribution in [-0.2, 0) is 7.05 Å². The van der Waals surface area contributed by atoms with Crippen LogP contribution in [0.3, 0.4) is 0 Å². The average molecular weight is 345 g/mol. The van der Waals surface area contributed by atoms with E-state index in [1.54, 1.807) is 6.20 Å². The quantitative estimate of drug-likeness (QED) is 0.608. The second-order valence-electron chi connectivity index (χ2n) is 6.27. The molecule has 0 spiro atoms. The maximum atomic E-state index is 13.0. The van der Waals surface area contributed by atoms with Gasteiger partial charge in [0.05, 0.1) is 0 Å². The number of nitrogens with zero attached hydrogens (tertiary/aromatic N) is 2. The fourth-order valence-corrected chi connectivity index (χ4v) is 3.19. The number of carbonyl (C=O) groups excluding carboxylic acids is 1. The van der Waals surface area contributed by atoms with Gasteiger partial charge < -0.3 is 14.3 Å². The molecule has 0 bridgehead atoms. The molecule has 2 aromatic heterocycles. The van der Waals surface area contributed by atoms with Gasteiger partial charge in [0.25, 0.3) is 5.91 Å². The van der Waals surface area contributed by atoms with E-state index >= 15 is 0 Å². The van der Waals surface area contributed by atoms with Crippen LogP contribution in [0.2, 0.25) is 0 Å². The number of para-hydroxylation sites is 1. The lowest BCUT2D eigenvalue weighted by Gasteiger charge is -2.18. The number of imidazole rings is 1. The van der Waals surface area contributed by atoms with E-state index in [0.717, 1.165) is 22.3 Å².